The van der Waals surface area contributed by atoms with Crippen LogP contribution in [0.15, 0.2) is 48.5 Å². The van der Waals surface area contributed by atoms with Crippen LogP contribution in [-0.2, 0) is 17.5 Å². The lowest BCUT2D eigenvalue weighted by molar-refractivity contribution is -0.137. The predicted molar refractivity (Wildman–Crippen MR) is 96.3 cm³/mol. The molecule has 0 bridgehead atoms. The summed E-state index contributed by atoms with van der Waals surface area (Å²) in [5, 5.41) is 5.95. The second-order valence-corrected chi connectivity index (χ2v) is 6.54. The minimum atomic E-state index is -4.44. The van der Waals surface area contributed by atoms with E-state index in [4.69, 9.17) is 4.74 Å². The minimum absolute atomic E-state index is 0.0636. The second-order valence-electron chi connectivity index (χ2n) is 6.54. The molecule has 0 aromatic heterocycles. The third kappa shape index (κ3) is 4.72. The summed E-state index contributed by atoms with van der Waals surface area (Å²) in [4.78, 5) is 12.2. The standard InChI is InChI=1S/C20H21F3N2O2/c1-2-15-11-18(25-19(26)27-12-13-6-4-3-5-7-13)16-10-14(20(21,22)23)8-9-17(16)24-15/h3-10,15,18,24H,2,11-12H2,1H3,(H,25,26)/t15?,18-/m0/s1. The summed E-state index contributed by atoms with van der Waals surface area (Å²) in [5.74, 6) is 0. The molecule has 144 valence electrons. The number of fused-ring (bicyclic) bond motifs is 1. The molecule has 1 aliphatic rings. The molecule has 0 aliphatic carbocycles. The van der Waals surface area contributed by atoms with Gasteiger partial charge in [0.15, 0.2) is 0 Å². The lowest BCUT2D eigenvalue weighted by Gasteiger charge is -2.33. The molecule has 7 heteroatoms. The Hall–Kier alpha value is -2.70. The van der Waals surface area contributed by atoms with Gasteiger partial charge in [0.05, 0.1) is 11.6 Å². The molecule has 0 radical (unpaired) electrons. The van der Waals surface area contributed by atoms with E-state index in [1.807, 2.05) is 37.3 Å². The first-order chi connectivity index (χ1) is 12.9. The molecule has 1 heterocycles. The largest absolute Gasteiger partial charge is 0.445 e. The first-order valence-electron chi connectivity index (χ1n) is 8.81. The minimum Gasteiger partial charge on any atom is -0.445 e. The van der Waals surface area contributed by atoms with E-state index >= 15 is 0 Å². The van der Waals surface area contributed by atoms with Crippen LogP contribution >= 0.6 is 0 Å². The summed E-state index contributed by atoms with van der Waals surface area (Å²) in [5.41, 5.74) is 1.13. The van der Waals surface area contributed by atoms with Crippen LogP contribution in [0.5, 0.6) is 0 Å². The highest BCUT2D eigenvalue weighted by atomic mass is 19.4. The molecule has 3 rings (SSSR count). The Morgan fingerprint density at radius 3 is 2.63 bits per heavy atom. The van der Waals surface area contributed by atoms with Crippen LogP contribution in [0.3, 0.4) is 0 Å². The maximum Gasteiger partial charge on any atom is 0.416 e. The van der Waals surface area contributed by atoms with E-state index < -0.39 is 23.9 Å². The van der Waals surface area contributed by atoms with Crippen molar-refractivity contribution in [3.63, 3.8) is 0 Å². The number of hydrogen-bond acceptors (Lipinski definition) is 3. The lowest BCUT2D eigenvalue weighted by atomic mass is 9.90. The normalized spacial score (nSPS) is 19.0. The fourth-order valence-electron chi connectivity index (χ4n) is 3.16. The van der Waals surface area contributed by atoms with Gasteiger partial charge in [-0.1, -0.05) is 37.3 Å². The van der Waals surface area contributed by atoms with Gasteiger partial charge >= 0.3 is 12.3 Å². The number of carbonyl (C=O) groups excluding carboxylic acids is 1. The summed E-state index contributed by atoms with van der Waals surface area (Å²) in [6.45, 7) is 2.09. The van der Waals surface area contributed by atoms with Gasteiger partial charge in [-0.25, -0.2) is 4.79 Å². The van der Waals surface area contributed by atoms with Crippen molar-refractivity contribution in [2.45, 2.75) is 44.6 Å². The van der Waals surface area contributed by atoms with Crippen molar-refractivity contribution < 1.29 is 22.7 Å². The topological polar surface area (TPSA) is 50.4 Å². The number of alkyl carbamates (subject to hydrolysis) is 1. The van der Waals surface area contributed by atoms with Crippen LogP contribution in [-0.4, -0.2) is 12.1 Å². The van der Waals surface area contributed by atoms with Crippen LogP contribution in [0.4, 0.5) is 23.7 Å². The van der Waals surface area contributed by atoms with Crippen LogP contribution in [0, 0.1) is 0 Å². The van der Waals surface area contributed by atoms with Crippen molar-refractivity contribution >= 4 is 11.8 Å². The van der Waals surface area contributed by atoms with E-state index in [0.717, 1.165) is 24.1 Å². The zero-order chi connectivity index (χ0) is 19.4. The van der Waals surface area contributed by atoms with Gasteiger partial charge in [-0.15, -0.1) is 0 Å². The van der Waals surface area contributed by atoms with Crippen molar-refractivity contribution in [1.82, 2.24) is 5.32 Å². The smallest absolute Gasteiger partial charge is 0.416 e. The Labute approximate surface area is 155 Å². The quantitative estimate of drug-likeness (QED) is 0.762. The molecule has 2 aromatic rings. The maximum atomic E-state index is 13.1. The van der Waals surface area contributed by atoms with Crippen molar-refractivity contribution in [2.75, 3.05) is 5.32 Å². The Morgan fingerprint density at radius 1 is 1.22 bits per heavy atom. The number of ether oxygens (including phenoxy) is 1. The van der Waals surface area contributed by atoms with Gasteiger partial charge in [-0.05, 0) is 42.2 Å². The van der Waals surface area contributed by atoms with Crippen LogP contribution in [0.25, 0.3) is 0 Å². The number of carbonyl (C=O) groups is 1. The van der Waals surface area contributed by atoms with E-state index in [0.29, 0.717) is 17.7 Å². The highest BCUT2D eigenvalue weighted by Gasteiger charge is 2.34. The van der Waals surface area contributed by atoms with Crippen LogP contribution < -0.4 is 10.6 Å². The molecule has 0 saturated heterocycles. The molecular weight excluding hydrogens is 357 g/mol. The first kappa shape index (κ1) is 19.1. The second kappa shape index (κ2) is 7.90. The number of anilines is 1. The SMILES string of the molecule is CCC1C[C@H](NC(=O)OCc2ccccc2)c2cc(C(F)(F)F)ccc2N1. The van der Waals surface area contributed by atoms with E-state index in [1.54, 1.807) is 0 Å². The number of alkyl halides is 3. The highest BCUT2D eigenvalue weighted by molar-refractivity contribution is 5.69. The van der Waals surface area contributed by atoms with Gasteiger partial charge in [0.2, 0.25) is 0 Å². The lowest BCUT2D eigenvalue weighted by Crippen LogP contribution is -2.37. The highest BCUT2D eigenvalue weighted by Crippen LogP contribution is 2.38. The summed E-state index contributed by atoms with van der Waals surface area (Å²) in [7, 11) is 0. The molecule has 1 aliphatic heterocycles. The van der Waals surface area contributed by atoms with E-state index in [2.05, 4.69) is 10.6 Å². The number of hydrogen-bond donors (Lipinski definition) is 2. The molecule has 0 spiro atoms. The zero-order valence-corrected chi connectivity index (χ0v) is 14.8. The molecule has 1 unspecified atom stereocenters. The molecule has 2 atom stereocenters. The van der Waals surface area contributed by atoms with Crippen molar-refractivity contribution in [3.05, 3.63) is 65.2 Å². The monoisotopic (exact) mass is 378 g/mol. The molecule has 2 N–H and O–H groups in total. The third-order valence-corrected chi connectivity index (χ3v) is 4.63. The fraction of sp³-hybridized carbons (Fsp3) is 0.350. The predicted octanol–water partition coefficient (Wildman–Crippen LogP) is 5.27. The van der Waals surface area contributed by atoms with Crippen LogP contribution in [0.2, 0.25) is 0 Å². The first-order valence-corrected chi connectivity index (χ1v) is 8.81. The summed E-state index contributed by atoms with van der Waals surface area (Å²) in [6, 6.07) is 12.3. The average molecular weight is 378 g/mol. The molecule has 1 amide bonds. The number of rotatable bonds is 4. The Balaban J connectivity index is 1.75. The number of amides is 1. The third-order valence-electron chi connectivity index (χ3n) is 4.63. The van der Waals surface area contributed by atoms with E-state index in [9.17, 15) is 18.0 Å². The molecular formula is C20H21F3N2O2. The summed E-state index contributed by atoms with van der Waals surface area (Å²) >= 11 is 0. The van der Waals surface area contributed by atoms with E-state index in [1.165, 1.54) is 6.07 Å². The number of nitrogens with one attached hydrogen (secondary N) is 2. The fourth-order valence-corrected chi connectivity index (χ4v) is 3.16. The maximum absolute atomic E-state index is 13.1. The Bertz CT molecular complexity index is 794. The molecule has 2 aromatic carbocycles. The van der Waals surface area contributed by atoms with E-state index in [-0.39, 0.29) is 12.6 Å². The number of benzene rings is 2. The molecule has 0 fully saturated rings. The molecule has 27 heavy (non-hydrogen) atoms. The van der Waals surface area contributed by atoms with Gasteiger partial charge in [-0.3, -0.25) is 0 Å². The summed E-state index contributed by atoms with van der Waals surface area (Å²) in [6.07, 6.45) is -3.80. The number of halogens is 3. The van der Waals surface area contributed by atoms with Crippen molar-refractivity contribution in [3.8, 4) is 0 Å². The average Bonchev–Trinajstić information content (AvgIpc) is 2.66. The van der Waals surface area contributed by atoms with Gasteiger partial charge in [0.25, 0.3) is 0 Å². The van der Waals surface area contributed by atoms with Gasteiger partial charge in [0.1, 0.15) is 6.61 Å². The Morgan fingerprint density at radius 2 is 1.96 bits per heavy atom. The molecule has 4 nitrogen and oxygen atoms in total. The zero-order valence-electron chi connectivity index (χ0n) is 14.8. The molecule has 0 saturated carbocycles. The van der Waals surface area contributed by atoms with Crippen molar-refractivity contribution in [2.24, 2.45) is 0 Å². The van der Waals surface area contributed by atoms with Gasteiger partial charge < -0.3 is 15.4 Å². The summed E-state index contributed by atoms with van der Waals surface area (Å²) < 4.78 is 44.4. The Kier molecular flexibility index (Phi) is 5.58. The van der Waals surface area contributed by atoms with Gasteiger partial charge in [-0.2, -0.15) is 13.2 Å². The van der Waals surface area contributed by atoms with Crippen molar-refractivity contribution in [1.29, 1.82) is 0 Å². The van der Waals surface area contributed by atoms with Gasteiger partial charge in [0, 0.05) is 11.7 Å². The van der Waals surface area contributed by atoms with Crippen LogP contribution in [0.1, 0.15) is 42.5 Å².